The van der Waals surface area contributed by atoms with Crippen molar-refractivity contribution in [3.8, 4) is 5.75 Å². The van der Waals surface area contributed by atoms with Gasteiger partial charge in [-0.3, -0.25) is 4.90 Å². The fraction of sp³-hybridized carbons (Fsp3) is 0.462. The van der Waals surface area contributed by atoms with E-state index < -0.39 is 12.7 Å². The van der Waals surface area contributed by atoms with Gasteiger partial charge in [0.1, 0.15) is 12.4 Å². The van der Waals surface area contributed by atoms with Crippen LogP contribution in [0.25, 0.3) is 0 Å². The van der Waals surface area contributed by atoms with Crippen LogP contribution in [0.1, 0.15) is 12.5 Å². The molecule has 0 aliphatic heterocycles. The van der Waals surface area contributed by atoms with Crippen LogP contribution in [0.2, 0.25) is 0 Å². The molecule has 0 atom stereocenters. The molecule has 0 fully saturated rings. The molecule has 1 aromatic rings. The maximum absolute atomic E-state index is 12.3. The quantitative estimate of drug-likeness (QED) is 0.350. The molecular weight excluding hydrogens is 287 g/mol. The van der Waals surface area contributed by atoms with Gasteiger partial charge in [0.25, 0.3) is 0 Å². The van der Waals surface area contributed by atoms with Gasteiger partial charge in [-0.25, -0.2) is 0 Å². The first kappa shape index (κ1) is 17.1. The second-order valence-electron chi connectivity index (χ2n) is 4.34. The molecule has 0 aliphatic rings. The smallest absolute Gasteiger partial charge is 0.401 e. The summed E-state index contributed by atoms with van der Waals surface area (Å²) in [6.45, 7) is 1.34. The van der Waals surface area contributed by atoms with Gasteiger partial charge in [-0.1, -0.05) is 12.1 Å². The Morgan fingerprint density at radius 3 is 2.43 bits per heavy atom. The van der Waals surface area contributed by atoms with Crippen LogP contribution in [0, 0.1) is 0 Å². The van der Waals surface area contributed by atoms with Crippen molar-refractivity contribution in [2.75, 3.05) is 26.2 Å². The van der Waals surface area contributed by atoms with Crippen LogP contribution in [-0.4, -0.2) is 48.4 Å². The number of hydrogen-bond donors (Lipinski definition) is 2. The van der Waals surface area contributed by atoms with E-state index in [4.69, 9.17) is 15.7 Å². The Labute approximate surface area is 120 Å². The van der Waals surface area contributed by atoms with Crippen molar-refractivity contribution in [1.29, 1.82) is 0 Å². The van der Waals surface area contributed by atoms with Gasteiger partial charge in [-0.15, -0.1) is 0 Å². The van der Waals surface area contributed by atoms with E-state index >= 15 is 0 Å². The number of oxime groups is 1. The van der Waals surface area contributed by atoms with Crippen molar-refractivity contribution in [2.45, 2.75) is 13.1 Å². The Morgan fingerprint density at radius 2 is 1.95 bits per heavy atom. The second-order valence-corrected chi connectivity index (χ2v) is 4.34. The predicted molar refractivity (Wildman–Crippen MR) is 72.6 cm³/mol. The first-order valence-corrected chi connectivity index (χ1v) is 6.35. The molecule has 0 saturated carbocycles. The van der Waals surface area contributed by atoms with Crippen LogP contribution >= 0.6 is 0 Å². The predicted octanol–water partition coefficient (Wildman–Crippen LogP) is 2.04. The molecule has 0 aromatic heterocycles. The molecule has 0 radical (unpaired) electrons. The molecule has 118 valence electrons. The number of benzene rings is 1. The minimum absolute atomic E-state index is 0.0242. The lowest BCUT2D eigenvalue weighted by Gasteiger charge is -2.21. The van der Waals surface area contributed by atoms with Crippen molar-refractivity contribution in [3.63, 3.8) is 0 Å². The minimum atomic E-state index is -4.21. The van der Waals surface area contributed by atoms with Gasteiger partial charge in [0.2, 0.25) is 0 Å². The fourth-order valence-corrected chi connectivity index (χ4v) is 1.67. The molecule has 0 amide bonds. The van der Waals surface area contributed by atoms with Crippen LogP contribution in [0.4, 0.5) is 13.2 Å². The number of likely N-dealkylation sites (N-methyl/N-ethyl adjacent to an activating group) is 1. The van der Waals surface area contributed by atoms with Crippen molar-refractivity contribution in [3.05, 3.63) is 29.8 Å². The van der Waals surface area contributed by atoms with Crippen LogP contribution in [0.15, 0.2) is 29.4 Å². The molecule has 0 aliphatic carbocycles. The van der Waals surface area contributed by atoms with Crippen molar-refractivity contribution in [2.24, 2.45) is 10.9 Å². The van der Waals surface area contributed by atoms with Gasteiger partial charge in [-0.2, -0.15) is 13.2 Å². The topological polar surface area (TPSA) is 71.1 Å². The standard InChI is InChI=1S/C13H18F3N3O2/c1-2-19(9-13(14,15)16)7-8-21-11-5-3-10(4-6-11)12(17)18-20/h3-6,20H,2,7-9H2,1H3,(H2,17,18). The highest BCUT2D eigenvalue weighted by Gasteiger charge is 2.29. The molecule has 5 nitrogen and oxygen atoms in total. The summed E-state index contributed by atoms with van der Waals surface area (Å²) >= 11 is 0. The molecule has 0 spiro atoms. The first-order valence-electron chi connectivity index (χ1n) is 6.35. The molecule has 1 rings (SSSR count). The Hall–Kier alpha value is -1.96. The number of rotatable bonds is 7. The van der Waals surface area contributed by atoms with E-state index in [0.717, 1.165) is 0 Å². The van der Waals surface area contributed by atoms with Gasteiger partial charge in [0, 0.05) is 12.1 Å². The van der Waals surface area contributed by atoms with Gasteiger partial charge >= 0.3 is 6.18 Å². The summed E-state index contributed by atoms with van der Waals surface area (Å²) in [4.78, 5) is 1.25. The van der Waals surface area contributed by atoms with Crippen molar-refractivity contribution >= 4 is 5.84 Å². The summed E-state index contributed by atoms with van der Waals surface area (Å²) in [6.07, 6.45) is -4.21. The highest BCUT2D eigenvalue weighted by Crippen LogP contribution is 2.16. The number of alkyl halides is 3. The van der Waals surface area contributed by atoms with Crippen LogP contribution < -0.4 is 10.5 Å². The third-order valence-corrected chi connectivity index (χ3v) is 2.78. The zero-order valence-electron chi connectivity index (χ0n) is 11.6. The molecule has 8 heteroatoms. The van der Waals surface area contributed by atoms with Crippen LogP contribution in [0.3, 0.4) is 0 Å². The lowest BCUT2D eigenvalue weighted by Crippen LogP contribution is -2.36. The highest BCUT2D eigenvalue weighted by atomic mass is 19.4. The van der Waals surface area contributed by atoms with Gasteiger partial charge in [0.05, 0.1) is 6.54 Å². The summed E-state index contributed by atoms with van der Waals surface area (Å²) in [7, 11) is 0. The SMILES string of the molecule is CCN(CCOc1ccc(C(N)=NO)cc1)CC(F)(F)F. The summed E-state index contributed by atoms with van der Waals surface area (Å²) < 4.78 is 42.2. The molecule has 0 saturated heterocycles. The Kier molecular flexibility index (Phi) is 6.29. The first-order chi connectivity index (χ1) is 9.85. The lowest BCUT2D eigenvalue weighted by molar-refractivity contribution is -0.146. The number of ether oxygens (including phenoxy) is 1. The number of hydrogen-bond acceptors (Lipinski definition) is 4. The maximum atomic E-state index is 12.3. The van der Waals surface area contributed by atoms with Gasteiger partial charge < -0.3 is 15.7 Å². The summed E-state index contributed by atoms with van der Waals surface area (Å²) in [5.74, 6) is 0.483. The Morgan fingerprint density at radius 1 is 1.33 bits per heavy atom. The number of amidine groups is 1. The summed E-state index contributed by atoms with van der Waals surface area (Å²) in [5, 5.41) is 11.4. The molecule has 0 unspecified atom stereocenters. The zero-order valence-corrected chi connectivity index (χ0v) is 11.6. The molecule has 21 heavy (non-hydrogen) atoms. The average Bonchev–Trinajstić information content (AvgIpc) is 2.44. The number of nitrogens with two attached hydrogens (primary N) is 1. The second kappa shape index (κ2) is 7.72. The van der Waals surface area contributed by atoms with Crippen LogP contribution in [-0.2, 0) is 0 Å². The molecule has 1 aromatic carbocycles. The van der Waals surface area contributed by atoms with E-state index in [2.05, 4.69) is 5.16 Å². The fourth-order valence-electron chi connectivity index (χ4n) is 1.67. The minimum Gasteiger partial charge on any atom is -0.492 e. The Bertz CT molecular complexity index is 461. The van der Waals surface area contributed by atoms with E-state index in [-0.39, 0.29) is 19.0 Å². The van der Waals surface area contributed by atoms with E-state index in [1.54, 1.807) is 31.2 Å². The largest absolute Gasteiger partial charge is 0.492 e. The maximum Gasteiger partial charge on any atom is 0.401 e. The molecule has 0 bridgehead atoms. The summed E-state index contributed by atoms with van der Waals surface area (Å²) in [6, 6.07) is 6.40. The molecule has 0 heterocycles. The van der Waals surface area contributed by atoms with Crippen molar-refractivity contribution < 1.29 is 23.1 Å². The highest BCUT2D eigenvalue weighted by molar-refractivity contribution is 5.97. The number of halogens is 3. The Balaban J connectivity index is 2.45. The monoisotopic (exact) mass is 305 g/mol. The zero-order chi connectivity index (χ0) is 15.9. The molecule has 3 N–H and O–H groups in total. The summed E-state index contributed by atoms with van der Waals surface area (Å²) in [5.41, 5.74) is 5.93. The third-order valence-electron chi connectivity index (χ3n) is 2.78. The third kappa shape index (κ3) is 6.35. The molecular formula is C13H18F3N3O2. The van der Waals surface area contributed by atoms with E-state index in [0.29, 0.717) is 17.9 Å². The van der Waals surface area contributed by atoms with Gasteiger partial charge in [0.15, 0.2) is 5.84 Å². The normalized spacial score (nSPS) is 12.7. The average molecular weight is 305 g/mol. The van der Waals surface area contributed by atoms with E-state index in [1.165, 1.54) is 4.90 Å². The number of nitrogens with zero attached hydrogens (tertiary/aromatic N) is 2. The van der Waals surface area contributed by atoms with E-state index in [1.807, 2.05) is 0 Å². The van der Waals surface area contributed by atoms with E-state index in [9.17, 15) is 13.2 Å². The van der Waals surface area contributed by atoms with Crippen LogP contribution in [0.5, 0.6) is 5.75 Å². The lowest BCUT2D eigenvalue weighted by atomic mass is 10.2. The van der Waals surface area contributed by atoms with Gasteiger partial charge in [-0.05, 0) is 30.8 Å². The van der Waals surface area contributed by atoms with Crippen molar-refractivity contribution in [1.82, 2.24) is 4.90 Å².